The second-order valence-electron chi connectivity index (χ2n) is 4.36. The lowest BCUT2D eigenvalue weighted by Gasteiger charge is -2.06. The molecule has 0 amide bonds. The molecule has 2 aromatic heterocycles. The largest absolute Gasteiger partial charge is 0.467 e. The van der Waals surface area contributed by atoms with Crippen molar-refractivity contribution in [2.75, 3.05) is 7.11 Å². The van der Waals surface area contributed by atoms with Gasteiger partial charge in [0.1, 0.15) is 12.0 Å². The SMILES string of the molecule is CCc1cccnc1CNCc1cc(C(=O)OC)co1. The minimum absolute atomic E-state index is 0.391. The maximum Gasteiger partial charge on any atom is 0.341 e. The van der Waals surface area contributed by atoms with E-state index in [2.05, 4.69) is 28.0 Å². The number of pyridine rings is 1. The molecule has 0 saturated heterocycles. The third kappa shape index (κ3) is 3.45. The summed E-state index contributed by atoms with van der Waals surface area (Å²) in [5.41, 5.74) is 2.70. The molecule has 0 saturated carbocycles. The molecule has 5 heteroatoms. The van der Waals surface area contributed by atoms with Gasteiger partial charge >= 0.3 is 5.97 Å². The number of nitrogens with zero attached hydrogens (tertiary/aromatic N) is 1. The monoisotopic (exact) mass is 274 g/mol. The van der Waals surface area contributed by atoms with Crippen LogP contribution in [0.15, 0.2) is 35.1 Å². The molecule has 0 aliphatic heterocycles. The summed E-state index contributed by atoms with van der Waals surface area (Å²) in [4.78, 5) is 15.7. The van der Waals surface area contributed by atoms with Crippen molar-refractivity contribution in [3.8, 4) is 0 Å². The number of aryl methyl sites for hydroxylation is 1. The number of methoxy groups -OCH3 is 1. The summed E-state index contributed by atoms with van der Waals surface area (Å²) in [5, 5.41) is 3.25. The van der Waals surface area contributed by atoms with E-state index < -0.39 is 5.97 Å². The second kappa shape index (κ2) is 6.86. The number of rotatable bonds is 6. The number of carbonyl (C=O) groups is 1. The number of ether oxygens (including phenoxy) is 1. The van der Waals surface area contributed by atoms with E-state index in [9.17, 15) is 4.79 Å². The van der Waals surface area contributed by atoms with Gasteiger partial charge in [-0.15, -0.1) is 0 Å². The molecule has 0 aromatic carbocycles. The molecule has 2 heterocycles. The fourth-order valence-electron chi connectivity index (χ4n) is 1.95. The molecule has 2 aromatic rings. The Bertz CT molecular complexity index is 578. The predicted octanol–water partition coefficient (Wildman–Crippen LogP) is 2.31. The first kappa shape index (κ1) is 14.3. The first-order chi connectivity index (χ1) is 9.74. The van der Waals surface area contributed by atoms with Gasteiger partial charge in [0.15, 0.2) is 0 Å². The van der Waals surface area contributed by atoms with Crippen LogP contribution in [-0.2, 0) is 24.2 Å². The number of hydrogen-bond acceptors (Lipinski definition) is 5. The van der Waals surface area contributed by atoms with Crippen molar-refractivity contribution in [3.05, 3.63) is 53.2 Å². The highest BCUT2D eigenvalue weighted by molar-refractivity contribution is 5.88. The average Bonchev–Trinajstić information content (AvgIpc) is 2.96. The zero-order chi connectivity index (χ0) is 14.4. The molecule has 0 fully saturated rings. The smallest absolute Gasteiger partial charge is 0.341 e. The van der Waals surface area contributed by atoms with Gasteiger partial charge in [-0.3, -0.25) is 4.98 Å². The van der Waals surface area contributed by atoms with Crippen LogP contribution in [0, 0.1) is 0 Å². The first-order valence-corrected chi connectivity index (χ1v) is 6.53. The van der Waals surface area contributed by atoms with Gasteiger partial charge in [0.2, 0.25) is 0 Å². The Balaban J connectivity index is 1.89. The summed E-state index contributed by atoms with van der Waals surface area (Å²) in [7, 11) is 1.35. The zero-order valence-corrected chi connectivity index (χ0v) is 11.7. The molecule has 5 nitrogen and oxygen atoms in total. The normalized spacial score (nSPS) is 10.5. The number of hydrogen-bond donors (Lipinski definition) is 1. The molecular formula is C15H18N2O3. The number of aromatic nitrogens is 1. The Kier molecular flexibility index (Phi) is 4.90. The Morgan fingerprint density at radius 1 is 1.45 bits per heavy atom. The van der Waals surface area contributed by atoms with Crippen LogP contribution < -0.4 is 5.32 Å². The maximum atomic E-state index is 11.3. The Hall–Kier alpha value is -2.14. The molecule has 0 spiro atoms. The first-order valence-electron chi connectivity index (χ1n) is 6.53. The standard InChI is InChI=1S/C15H18N2O3/c1-3-11-5-4-6-17-14(11)9-16-8-13-7-12(10-20-13)15(18)19-2/h4-7,10,16H,3,8-9H2,1-2H3. The molecule has 0 aliphatic rings. The molecule has 106 valence electrons. The van der Waals surface area contributed by atoms with E-state index in [0.29, 0.717) is 24.4 Å². The van der Waals surface area contributed by atoms with Crippen molar-refractivity contribution < 1.29 is 13.9 Å². The molecule has 20 heavy (non-hydrogen) atoms. The number of nitrogens with one attached hydrogen (secondary N) is 1. The van der Waals surface area contributed by atoms with E-state index in [-0.39, 0.29) is 0 Å². The van der Waals surface area contributed by atoms with E-state index in [0.717, 1.165) is 12.1 Å². The quantitative estimate of drug-likeness (QED) is 0.819. The van der Waals surface area contributed by atoms with Crippen molar-refractivity contribution in [2.24, 2.45) is 0 Å². The molecule has 0 aliphatic carbocycles. The van der Waals surface area contributed by atoms with Crippen LogP contribution in [0.3, 0.4) is 0 Å². The zero-order valence-electron chi connectivity index (χ0n) is 11.7. The van der Waals surface area contributed by atoms with E-state index in [1.54, 1.807) is 12.3 Å². The van der Waals surface area contributed by atoms with Gasteiger partial charge in [0.05, 0.1) is 24.9 Å². The van der Waals surface area contributed by atoms with Crippen molar-refractivity contribution in [1.29, 1.82) is 0 Å². The van der Waals surface area contributed by atoms with E-state index in [1.165, 1.54) is 18.9 Å². The average molecular weight is 274 g/mol. The Morgan fingerprint density at radius 2 is 2.30 bits per heavy atom. The lowest BCUT2D eigenvalue weighted by molar-refractivity contribution is 0.0600. The third-order valence-corrected chi connectivity index (χ3v) is 3.03. The van der Waals surface area contributed by atoms with Crippen molar-refractivity contribution in [3.63, 3.8) is 0 Å². The molecule has 0 radical (unpaired) electrons. The summed E-state index contributed by atoms with van der Waals surface area (Å²) in [6, 6.07) is 5.70. The summed E-state index contributed by atoms with van der Waals surface area (Å²) in [6.45, 7) is 3.31. The van der Waals surface area contributed by atoms with Crippen molar-refractivity contribution in [2.45, 2.75) is 26.4 Å². The number of furan rings is 1. The number of carbonyl (C=O) groups excluding carboxylic acids is 1. The van der Waals surface area contributed by atoms with Gasteiger partial charge in [-0.1, -0.05) is 13.0 Å². The van der Waals surface area contributed by atoms with Gasteiger partial charge in [-0.25, -0.2) is 4.79 Å². The maximum absolute atomic E-state index is 11.3. The van der Waals surface area contributed by atoms with E-state index >= 15 is 0 Å². The summed E-state index contributed by atoms with van der Waals surface area (Å²) >= 11 is 0. The second-order valence-corrected chi connectivity index (χ2v) is 4.36. The minimum atomic E-state index is -0.391. The van der Waals surface area contributed by atoms with Crippen LogP contribution in [0.25, 0.3) is 0 Å². The Labute approximate surface area is 118 Å². The summed E-state index contributed by atoms with van der Waals surface area (Å²) in [5.74, 6) is 0.303. The summed E-state index contributed by atoms with van der Waals surface area (Å²) in [6.07, 6.45) is 4.15. The topological polar surface area (TPSA) is 64.4 Å². The Morgan fingerprint density at radius 3 is 3.05 bits per heavy atom. The van der Waals surface area contributed by atoms with E-state index in [1.807, 2.05) is 6.07 Å². The highest BCUT2D eigenvalue weighted by atomic mass is 16.5. The molecule has 0 bridgehead atoms. The van der Waals surface area contributed by atoms with Crippen LogP contribution in [0.2, 0.25) is 0 Å². The van der Waals surface area contributed by atoms with Gasteiger partial charge in [-0.2, -0.15) is 0 Å². The fourth-order valence-corrected chi connectivity index (χ4v) is 1.95. The van der Waals surface area contributed by atoms with Crippen LogP contribution in [-0.4, -0.2) is 18.1 Å². The predicted molar refractivity (Wildman–Crippen MR) is 74.2 cm³/mol. The van der Waals surface area contributed by atoms with Crippen LogP contribution in [0.1, 0.15) is 34.3 Å². The molecule has 0 atom stereocenters. The minimum Gasteiger partial charge on any atom is -0.467 e. The molecule has 1 N–H and O–H groups in total. The summed E-state index contributed by atoms with van der Waals surface area (Å²) < 4.78 is 9.92. The van der Waals surface area contributed by atoms with Gasteiger partial charge in [-0.05, 0) is 24.1 Å². The lowest BCUT2D eigenvalue weighted by Crippen LogP contribution is -2.14. The highest BCUT2D eigenvalue weighted by Gasteiger charge is 2.10. The molecule has 2 rings (SSSR count). The molecule has 0 unspecified atom stereocenters. The van der Waals surface area contributed by atoms with Gasteiger partial charge in [0.25, 0.3) is 0 Å². The van der Waals surface area contributed by atoms with Crippen LogP contribution >= 0.6 is 0 Å². The molecular weight excluding hydrogens is 256 g/mol. The van der Waals surface area contributed by atoms with Gasteiger partial charge < -0.3 is 14.5 Å². The van der Waals surface area contributed by atoms with Gasteiger partial charge in [0, 0.05) is 12.7 Å². The van der Waals surface area contributed by atoms with Crippen molar-refractivity contribution in [1.82, 2.24) is 10.3 Å². The highest BCUT2D eigenvalue weighted by Crippen LogP contribution is 2.10. The third-order valence-electron chi connectivity index (χ3n) is 3.03. The fraction of sp³-hybridized carbons (Fsp3) is 0.333. The van der Waals surface area contributed by atoms with Crippen molar-refractivity contribution >= 4 is 5.97 Å². The van der Waals surface area contributed by atoms with Crippen LogP contribution in [0.5, 0.6) is 0 Å². The van der Waals surface area contributed by atoms with E-state index in [4.69, 9.17) is 4.42 Å². The van der Waals surface area contributed by atoms with Crippen LogP contribution in [0.4, 0.5) is 0 Å². The lowest BCUT2D eigenvalue weighted by atomic mass is 10.1. The number of esters is 1.